The molecule has 2 aromatic heterocycles. The zero-order valence-electron chi connectivity index (χ0n) is 26.5. The molecule has 0 unspecified atom stereocenters. The average molecular weight is 757 g/mol. The van der Waals surface area contributed by atoms with E-state index in [9.17, 15) is 22.8 Å². The van der Waals surface area contributed by atoms with Crippen LogP contribution in [0, 0.1) is 0 Å². The zero-order valence-corrected chi connectivity index (χ0v) is 29.8. The first-order chi connectivity index (χ1) is 21.4. The molecule has 48 heavy (non-hydrogen) atoms. The Hall–Kier alpha value is -2.95. The van der Waals surface area contributed by atoms with E-state index >= 15 is 0 Å². The molecule has 2 aliphatic heterocycles. The quantitative estimate of drug-likeness (QED) is 0.250. The highest BCUT2D eigenvalue weighted by Gasteiger charge is 2.35. The first-order valence-electron chi connectivity index (χ1n) is 14.8. The number of nitrogens with zero attached hydrogens (tertiary/aromatic N) is 6. The van der Waals surface area contributed by atoms with Gasteiger partial charge in [-0.25, -0.2) is 15.0 Å². The third-order valence-electron chi connectivity index (χ3n) is 8.05. The molecule has 0 radical (unpaired) electrons. The number of carboxylic acid groups (broad SMARTS) is 1. The summed E-state index contributed by atoms with van der Waals surface area (Å²) in [5, 5.41) is 12.1. The van der Waals surface area contributed by atoms with Crippen molar-refractivity contribution < 1.29 is 32.6 Å². The Bertz CT molecular complexity index is 1530. The molecule has 18 heteroatoms. The van der Waals surface area contributed by atoms with Crippen molar-refractivity contribution in [2.45, 2.75) is 58.4 Å². The molecule has 0 bridgehead atoms. The third kappa shape index (κ3) is 9.82. The molecule has 3 aromatic rings. The smallest absolute Gasteiger partial charge is 0.419 e. The number of aliphatic carboxylic acids is 1. The summed E-state index contributed by atoms with van der Waals surface area (Å²) in [6.07, 6.45) is 0.316. The van der Waals surface area contributed by atoms with Gasteiger partial charge < -0.3 is 14.7 Å². The Kier molecular flexibility index (Phi) is 15.1. The lowest BCUT2D eigenvalue weighted by Gasteiger charge is -2.39. The summed E-state index contributed by atoms with van der Waals surface area (Å²) in [6.45, 7) is 8.83. The van der Waals surface area contributed by atoms with Gasteiger partial charge in [0.1, 0.15) is 17.3 Å². The summed E-state index contributed by atoms with van der Waals surface area (Å²) in [4.78, 5) is 44.4. The Morgan fingerprint density at radius 2 is 1.83 bits per heavy atom. The number of carbonyl (C=O) groups is 2. The summed E-state index contributed by atoms with van der Waals surface area (Å²) in [6, 6.07) is 4.24. The lowest BCUT2D eigenvalue weighted by molar-refractivity contribution is -0.139. The van der Waals surface area contributed by atoms with Crippen molar-refractivity contribution >= 4 is 71.4 Å². The van der Waals surface area contributed by atoms with Crippen LogP contribution in [0.15, 0.2) is 30.6 Å². The Labute approximate surface area is 299 Å². The van der Waals surface area contributed by atoms with E-state index in [1.165, 1.54) is 29.8 Å². The molecule has 2 N–H and O–H groups in total. The van der Waals surface area contributed by atoms with Gasteiger partial charge in [0.25, 0.3) is 5.91 Å². The minimum atomic E-state index is -4.62. The van der Waals surface area contributed by atoms with Crippen molar-refractivity contribution in [3.8, 4) is 17.0 Å². The second-order valence-corrected chi connectivity index (χ2v) is 12.4. The molecule has 1 aromatic carbocycles. The number of amides is 1. The van der Waals surface area contributed by atoms with Gasteiger partial charge in [-0.2, -0.15) is 13.2 Å². The minimum absolute atomic E-state index is 0. The van der Waals surface area contributed by atoms with Gasteiger partial charge in [-0.1, -0.05) is 11.3 Å². The van der Waals surface area contributed by atoms with E-state index in [1.54, 1.807) is 13.0 Å². The first-order valence-corrected chi connectivity index (χ1v) is 15.7. The maximum absolute atomic E-state index is 13.9. The molecule has 0 spiro atoms. The van der Waals surface area contributed by atoms with E-state index in [2.05, 4.69) is 32.1 Å². The van der Waals surface area contributed by atoms with Crippen LogP contribution in [0.5, 0.6) is 5.75 Å². The normalized spacial score (nSPS) is 18.3. The van der Waals surface area contributed by atoms with Crippen LogP contribution in [-0.2, 0) is 17.5 Å². The van der Waals surface area contributed by atoms with Gasteiger partial charge in [0.2, 0.25) is 0 Å². The highest BCUT2D eigenvalue weighted by atomic mass is 35.5. The number of aromatic nitrogens is 3. The van der Waals surface area contributed by atoms with Gasteiger partial charge in [-0.15, -0.1) is 37.2 Å². The molecule has 2 atom stereocenters. The standard InChI is InChI=1S/C30H36F3N7O4S.3ClH/c1-4-44-23-8-7-20(12-21(23)30(31,32)33)27-24(16-39-9-5-6-18(39)2)45-29(36-27)37-28(43)22-13-35-25(14-34-22)40-11-10-38(15-19(40)3)17-26(41)42;;;/h7-8,12-14,18-19H,4-6,9-11,15-17H2,1-3H3,(H,41,42)(H,36,37,43);3*1H/t18-,19-;;;/m1.../s1. The van der Waals surface area contributed by atoms with Gasteiger partial charge >= 0.3 is 12.1 Å². The fourth-order valence-electron chi connectivity index (χ4n) is 5.79. The number of hydrogen-bond donors (Lipinski definition) is 2. The number of benzene rings is 1. The van der Waals surface area contributed by atoms with Crippen LogP contribution in [0.2, 0.25) is 0 Å². The molecule has 2 saturated heterocycles. The molecule has 0 aliphatic carbocycles. The van der Waals surface area contributed by atoms with Crippen molar-refractivity contribution in [2.75, 3.05) is 49.5 Å². The lowest BCUT2D eigenvalue weighted by atomic mass is 10.1. The second kappa shape index (κ2) is 17.6. The Balaban J connectivity index is 0.00000267. The number of thiazole rings is 1. The Morgan fingerprint density at radius 3 is 2.42 bits per heavy atom. The Morgan fingerprint density at radius 1 is 1.08 bits per heavy atom. The molecular formula is C30H39Cl3F3N7O4S. The van der Waals surface area contributed by atoms with Gasteiger partial charge in [0.05, 0.1) is 36.8 Å². The van der Waals surface area contributed by atoms with E-state index in [1.807, 2.05) is 16.7 Å². The monoisotopic (exact) mass is 755 g/mol. The number of rotatable bonds is 10. The molecule has 0 saturated carbocycles. The first kappa shape index (κ1) is 41.2. The third-order valence-corrected chi connectivity index (χ3v) is 9.00. The molecule has 5 rings (SSSR count). The van der Waals surface area contributed by atoms with Gasteiger partial charge in [-0.3, -0.25) is 24.7 Å². The van der Waals surface area contributed by atoms with E-state index < -0.39 is 23.6 Å². The highest BCUT2D eigenvalue weighted by Crippen LogP contribution is 2.41. The van der Waals surface area contributed by atoms with Crippen molar-refractivity contribution in [1.29, 1.82) is 0 Å². The molecule has 11 nitrogen and oxygen atoms in total. The fourth-order valence-corrected chi connectivity index (χ4v) is 6.79. The van der Waals surface area contributed by atoms with Crippen molar-refractivity contribution in [3.05, 3.63) is 46.7 Å². The van der Waals surface area contributed by atoms with Gasteiger partial charge in [-0.05, 0) is 58.4 Å². The maximum Gasteiger partial charge on any atom is 0.419 e. The van der Waals surface area contributed by atoms with Crippen LogP contribution in [0.1, 0.15) is 54.5 Å². The van der Waals surface area contributed by atoms with E-state index in [4.69, 9.17) is 9.84 Å². The highest BCUT2D eigenvalue weighted by molar-refractivity contribution is 7.16. The van der Waals surface area contributed by atoms with Crippen LogP contribution in [0.4, 0.5) is 24.1 Å². The molecule has 2 aliphatic rings. The summed E-state index contributed by atoms with van der Waals surface area (Å²) >= 11 is 1.22. The number of carbonyl (C=O) groups excluding carboxylic acids is 1. The number of piperazine rings is 1. The molecular weight excluding hydrogens is 718 g/mol. The molecule has 266 valence electrons. The largest absolute Gasteiger partial charge is 0.493 e. The van der Waals surface area contributed by atoms with Crippen LogP contribution in [0.3, 0.4) is 0 Å². The number of alkyl halides is 3. The minimum Gasteiger partial charge on any atom is -0.493 e. The maximum atomic E-state index is 13.9. The van der Waals surface area contributed by atoms with Crippen LogP contribution in [-0.4, -0.2) is 93.1 Å². The zero-order chi connectivity index (χ0) is 32.3. The van der Waals surface area contributed by atoms with Crippen LogP contribution >= 0.6 is 48.6 Å². The molecule has 2 fully saturated rings. The summed E-state index contributed by atoms with van der Waals surface area (Å²) in [7, 11) is 0. The summed E-state index contributed by atoms with van der Waals surface area (Å²) in [5.41, 5.74) is -0.164. The predicted molar refractivity (Wildman–Crippen MR) is 185 cm³/mol. The number of hydrogen-bond acceptors (Lipinski definition) is 10. The predicted octanol–water partition coefficient (Wildman–Crippen LogP) is 6.11. The summed E-state index contributed by atoms with van der Waals surface area (Å²) < 4.78 is 47.1. The fraction of sp³-hybridized carbons (Fsp3) is 0.500. The number of halogens is 6. The second-order valence-electron chi connectivity index (χ2n) is 11.3. The van der Waals surface area contributed by atoms with Gasteiger partial charge in [0, 0.05) is 48.7 Å². The number of nitrogens with one attached hydrogen (secondary N) is 1. The number of carboxylic acids is 1. The van der Waals surface area contributed by atoms with Gasteiger partial charge in [0.15, 0.2) is 5.13 Å². The SMILES string of the molecule is CCOc1ccc(-c2nc(NC(=O)c3cnc(N4CCN(CC(=O)O)C[C@H]4C)cn3)sc2CN2CCC[C@H]2C)cc1C(F)(F)F.Cl.Cl.Cl. The van der Waals surface area contributed by atoms with E-state index in [0.717, 1.165) is 30.3 Å². The molecule has 4 heterocycles. The average Bonchev–Trinajstić information content (AvgIpc) is 3.58. The number of likely N-dealkylation sites (tertiary alicyclic amines) is 1. The van der Waals surface area contributed by atoms with Crippen molar-refractivity contribution in [2.24, 2.45) is 0 Å². The van der Waals surface area contributed by atoms with Crippen LogP contribution < -0.4 is 15.0 Å². The van der Waals surface area contributed by atoms with E-state index in [0.29, 0.717) is 43.7 Å². The number of anilines is 2. The van der Waals surface area contributed by atoms with Crippen molar-refractivity contribution in [1.82, 2.24) is 24.8 Å². The molecule has 1 amide bonds. The topological polar surface area (TPSA) is 124 Å². The van der Waals surface area contributed by atoms with Crippen LogP contribution in [0.25, 0.3) is 11.3 Å². The lowest BCUT2D eigenvalue weighted by Crippen LogP contribution is -2.53. The van der Waals surface area contributed by atoms with E-state index in [-0.39, 0.29) is 78.6 Å². The summed E-state index contributed by atoms with van der Waals surface area (Å²) in [5.74, 6) is -1.09. The van der Waals surface area contributed by atoms with Crippen molar-refractivity contribution in [3.63, 3.8) is 0 Å². The number of ether oxygens (including phenoxy) is 1.